The number of unbranched alkanes of at least 4 members (excludes halogenated alkanes) is 1. The third-order valence-electron chi connectivity index (χ3n) is 2.06. The number of nitrogens with one attached hydrogen (secondary N) is 1. The van der Waals surface area contributed by atoms with Gasteiger partial charge in [0.05, 0.1) is 12.8 Å². The standard InChI is InChI=1S/C10H21N3O3/c1-2-16-10(14)9(5-3-4-6-11)12-7-8-13-15/h8-9,12,15H,2-7,11H2,1H3/t9-/m0/s1. The van der Waals surface area contributed by atoms with Crippen molar-refractivity contribution in [2.75, 3.05) is 19.7 Å². The number of ether oxygens (including phenoxy) is 1. The molecule has 0 bridgehead atoms. The van der Waals surface area contributed by atoms with Gasteiger partial charge in [-0.05, 0) is 26.3 Å². The van der Waals surface area contributed by atoms with Crippen molar-refractivity contribution in [1.82, 2.24) is 5.32 Å². The van der Waals surface area contributed by atoms with Gasteiger partial charge >= 0.3 is 5.97 Å². The van der Waals surface area contributed by atoms with Gasteiger partial charge in [-0.1, -0.05) is 6.42 Å². The van der Waals surface area contributed by atoms with E-state index >= 15 is 0 Å². The molecular weight excluding hydrogens is 210 g/mol. The number of rotatable bonds is 9. The molecule has 0 aromatic carbocycles. The van der Waals surface area contributed by atoms with Gasteiger partial charge in [0.25, 0.3) is 0 Å². The van der Waals surface area contributed by atoms with Crippen LogP contribution in [0.5, 0.6) is 0 Å². The highest BCUT2D eigenvalue weighted by Gasteiger charge is 2.17. The van der Waals surface area contributed by atoms with E-state index in [-0.39, 0.29) is 12.0 Å². The Balaban J connectivity index is 3.98. The molecule has 6 nitrogen and oxygen atoms in total. The summed E-state index contributed by atoms with van der Waals surface area (Å²) in [6.45, 7) is 3.09. The van der Waals surface area contributed by atoms with Crippen LogP contribution < -0.4 is 11.1 Å². The van der Waals surface area contributed by atoms with Gasteiger partial charge in [-0.3, -0.25) is 10.1 Å². The van der Waals surface area contributed by atoms with Crippen LogP contribution in [0.2, 0.25) is 0 Å². The van der Waals surface area contributed by atoms with Crippen LogP contribution in [0.3, 0.4) is 0 Å². The van der Waals surface area contributed by atoms with E-state index in [4.69, 9.17) is 15.7 Å². The van der Waals surface area contributed by atoms with Gasteiger partial charge in [0.2, 0.25) is 0 Å². The molecule has 0 aromatic heterocycles. The fourth-order valence-corrected chi connectivity index (χ4v) is 1.27. The van der Waals surface area contributed by atoms with E-state index in [1.807, 2.05) is 0 Å². The monoisotopic (exact) mass is 231 g/mol. The van der Waals surface area contributed by atoms with Crippen molar-refractivity contribution in [2.24, 2.45) is 10.9 Å². The predicted octanol–water partition coefficient (Wildman–Crippen LogP) is 0.0967. The maximum absolute atomic E-state index is 11.5. The summed E-state index contributed by atoms with van der Waals surface area (Å²) < 4.78 is 4.93. The van der Waals surface area contributed by atoms with Gasteiger partial charge in [0.15, 0.2) is 0 Å². The summed E-state index contributed by atoms with van der Waals surface area (Å²) >= 11 is 0. The van der Waals surface area contributed by atoms with Crippen LogP contribution in [0.4, 0.5) is 0 Å². The summed E-state index contributed by atoms with van der Waals surface area (Å²) in [6, 6.07) is -0.357. The topological polar surface area (TPSA) is 96.9 Å². The van der Waals surface area contributed by atoms with Crippen LogP contribution >= 0.6 is 0 Å². The van der Waals surface area contributed by atoms with E-state index in [1.165, 1.54) is 6.21 Å². The first kappa shape index (κ1) is 14.9. The first-order valence-electron chi connectivity index (χ1n) is 5.52. The van der Waals surface area contributed by atoms with Crippen molar-refractivity contribution in [2.45, 2.75) is 32.2 Å². The van der Waals surface area contributed by atoms with Crippen LogP contribution in [-0.2, 0) is 9.53 Å². The quantitative estimate of drug-likeness (QED) is 0.172. The predicted molar refractivity (Wildman–Crippen MR) is 61.6 cm³/mol. The second-order valence-corrected chi connectivity index (χ2v) is 3.30. The summed E-state index contributed by atoms with van der Waals surface area (Å²) in [5, 5.41) is 14.0. The minimum atomic E-state index is -0.357. The fraction of sp³-hybridized carbons (Fsp3) is 0.800. The molecule has 0 unspecified atom stereocenters. The molecule has 0 rings (SSSR count). The molecule has 16 heavy (non-hydrogen) atoms. The third-order valence-corrected chi connectivity index (χ3v) is 2.06. The minimum absolute atomic E-state index is 0.272. The van der Waals surface area contributed by atoms with E-state index in [9.17, 15) is 4.79 Å². The molecule has 0 aliphatic carbocycles. The number of nitrogens with zero attached hydrogens (tertiary/aromatic N) is 1. The number of carbonyl (C=O) groups excluding carboxylic acids is 1. The van der Waals surface area contributed by atoms with Crippen LogP contribution in [0.1, 0.15) is 26.2 Å². The Morgan fingerprint density at radius 1 is 1.62 bits per heavy atom. The van der Waals surface area contributed by atoms with Crippen molar-refractivity contribution in [1.29, 1.82) is 0 Å². The molecule has 0 fully saturated rings. The van der Waals surface area contributed by atoms with Crippen molar-refractivity contribution < 1.29 is 14.7 Å². The van der Waals surface area contributed by atoms with E-state index < -0.39 is 0 Å². The van der Waals surface area contributed by atoms with Crippen molar-refractivity contribution in [3.05, 3.63) is 0 Å². The second kappa shape index (κ2) is 10.4. The summed E-state index contributed by atoms with van der Waals surface area (Å²) in [4.78, 5) is 11.5. The molecule has 4 N–H and O–H groups in total. The summed E-state index contributed by atoms with van der Waals surface area (Å²) in [5.74, 6) is -0.272. The Morgan fingerprint density at radius 3 is 2.94 bits per heavy atom. The Kier molecular flexibility index (Phi) is 9.64. The first-order chi connectivity index (χ1) is 7.76. The van der Waals surface area contributed by atoms with E-state index in [0.717, 1.165) is 12.8 Å². The van der Waals surface area contributed by atoms with Gasteiger partial charge in [0.1, 0.15) is 6.04 Å². The molecule has 0 saturated carbocycles. The van der Waals surface area contributed by atoms with Gasteiger partial charge in [0, 0.05) is 6.54 Å². The molecule has 0 aliphatic heterocycles. The van der Waals surface area contributed by atoms with Crippen molar-refractivity contribution in [3.8, 4) is 0 Å². The van der Waals surface area contributed by atoms with Crippen LogP contribution in [-0.4, -0.2) is 43.1 Å². The Morgan fingerprint density at radius 2 is 2.38 bits per heavy atom. The molecule has 0 radical (unpaired) electrons. The van der Waals surface area contributed by atoms with Gasteiger partial charge < -0.3 is 15.7 Å². The zero-order valence-corrected chi connectivity index (χ0v) is 9.69. The smallest absolute Gasteiger partial charge is 0.323 e. The Hall–Kier alpha value is -1.14. The maximum Gasteiger partial charge on any atom is 0.323 e. The van der Waals surface area contributed by atoms with Gasteiger partial charge in [-0.2, -0.15) is 0 Å². The normalized spacial score (nSPS) is 12.9. The molecule has 0 saturated heterocycles. The molecular formula is C10H21N3O3. The number of esters is 1. The molecule has 1 atom stereocenters. The molecule has 0 spiro atoms. The number of hydrogen-bond donors (Lipinski definition) is 3. The molecule has 0 heterocycles. The van der Waals surface area contributed by atoms with Crippen molar-refractivity contribution >= 4 is 12.2 Å². The van der Waals surface area contributed by atoms with Gasteiger partial charge in [-0.25, -0.2) is 0 Å². The number of oxime groups is 1. The fourth-order valence-electron chi connectivity index (χ4n) is 1.27. The number of carbonyl (C=O) groups is 1. The number of nitrogens with two attached hydrogens (primary N) is 1. The molecule has 0 aliphatic rings. The van der Waals surface area contributed by atoms with E-state index in [2.05, 4.69) is 10.5 Å². The zero-order valence-electron chi connectivity index (χ0n) is 9.69. The molecule has 0 amide bonds. The van der Waals surface area contributed by atoms with Gasteiger partial charge in [-0.15, -0.1) is 5.16 Å². The first-order valence-corrected chi connectivity index (χ1v) is 5.52. The highest BCUT2D eigenvalue weighted by molar-refractivity contribution is 5.76. The maximum atomic E-state index is 11.5. The lowest BCUT2D eigenvalue weighted by molar-refractivity contribution is -0.145. The van der Waals surface area contributed by atoms with E-state index in [1.54, 1.807) is 6.92 Å². The minimum Gasteiger partial charge on any atom is -0.465 e. The summed E-state index contributed by atoms with van der Waals surface area (Å²) in [7, 11) is 0. The van der Waals surface area contributed by atoms with E-state index in [0.29, 0.717) is 26.1 Å². The number of hydrogen-bond acceptors (Lipinski definition) is 6. The molecule has 0 aromatic rings. The van der Waals surface area contributed by atoms with Crippen LogP contribution in [0.15, 0.2) is 5.16 Å². The molecule has 6 heteroatoms. The Labute approximate surface area is 95.8 Å². The summed E-state index contributed by atoms with van der Waals surface area (Å²) in [6.07, 6.45) is 3.71. The summed E-state index contributed by atoms with van der Waals surface area (Å²) in [5.41, 5.74) is 5.38. The zero-order chi connectivity index (χ0) is 12.2. The third kappa shape index (κ3) is 7.19. The largest absolute Gasteiger partial charge is 0.465 e. The lowest BCUT2D eigenvalue weighted by atomic mass is 10.1. The van der Waals surface area contributed by atoms with Crippen molar-refractivity contribution in [3.63, 3.8) is 0 Å². The van der Waals surface area contributed by atoms with Crippen LogP contribution in [0, 0.1) is 0 Å². The second-order valence-electron chi connectivity index (χ2n) is 3.30. The SMILES string of the molecule is CCOC(=O)[C@H](CCCCN)NCC=NO. The lowest BCUT2D eigenvalue weighted by Gasteiger charge is -2.15. The Bertz CT molecular complexity index is 209. The average Bonchev–Trinajstić information content (AvgIpc) is 2.28. The molecule has 94 valence electrons. The van der Waals surface area contributed by atoms with Crippen LogP contribution in [0.25, 0.3) is 0 Å². The lowest BCUT2D eigenvalue weighted by Crippen LogP contribution is -2.39. The highest BCUT2D eigenvalue weighted by Crippen LogP contribution is 2.02. The highest BCUT2D eigenvalue weighted by atomic mass is 16.5. The average molecular weight is 231 g/mol.